The number of carbonyl (C=O) groups is 1. The van der Waals surface area contributed by atoms with Gasteiger partial charge in [-0.3, -0.25) is 4.79 Å². The van der Waals surface area contributed by atoms with Crippen molar-refractivity contribution in [3.05, 3.63) is 66.1 Å². The Kier molecular flexibility index (Phi) is 3.20. The summed E-state index contributed by atoms with van der Waals surface area (Å²) in [5, 5.41) is 2.67. The third-order valence-electron chi connectivity index (χ3n) is 2.65. The van der Waals surface area contributed by atoms with Gasteiger partial charge in [-0.2, -0.15) is 0 Å². The van der Waals surface area contributed by atoms with Gasteiger partial charge >= 0.3 is 0 Å². The average molecular weight is 214 g/mol. The number of hydrogen-bond acceptors (Lipinski definition) is 1. The van der Waals surface area contributed by atoms with Crippen LogP contribution in [0.15, 0.2) is 48.6 Å². The van der Waals surface area contributed by atoms with Gasteiger partial charge in [0.25, 0.3) is 5.91 Å². The highest BCUT2D eigenvalue weighted by Crippen LogP contribution is 2.26. The molecule has 1 unspecified atom stereocenters. The second-order valence-corrected chi connectivity index (χ2v) is 3.65. The Labute approximate surface area is 97.2 Å². The summed E-state index contributed by atoms with van der Waals surface area (Å²) in [5.74, 6) is 0.158. The van der Waals surface area contributed by atoms with E-state index in [2.05, 4.69) is 17.8 Å². The van der Waals surface area contributed by atoms with Crippen molar-refractivity contribution in [2.24, 2.45) is 0 Å². The molecule has 1 radical (unpaired) electrons. The Morgan fingerprint density at radius 2 is 2.06 bits per heavy atom. The van der Waals surface area contributed by atoms with E-state index in [-0.39, 0.29) is 13.3 Å². The molecule has 0 saturated heterocycles. The third kappa shape index (κ3) is 2.06. The Morgan fingerprint density at radius 1 is 1.25 bits per heavy atom. The van der Waals surface area contributed by atoms with E-state index in [9.17, 15) is 4.79 Å². The maximum absolute atomic E-state index is 11.7. The van der Waals surface area contributed by atoms with Gasteiger partial charge in [0.2, 0.25) is 0 Å². The van der Waals surface area contributed by atoms with Crippen LogP contribution in [0, 0.1) is 6.42 Å². The summed E-state index contributed by atoms with van der Waals surface area (Å²) in [6.07, 6.45) is 10.2. The lowest BCUT2D eigenvalue weighted by Crippen LogP contribution is -2.20. The minimum atomic E-state index is -0.0352. The van der Waals surface area contributed by atoms with Crippen molar-refractivity contribution in [1.82, 2.24) is 5.32 Å². The van der Waals surface area contributed by atoms with Crippen molar-refractivity contribution in [3.63, 3.8) is 0 Å². The van der Waals surface area contributed by atoms with Crippen molar-refractivity contribution in [3.8, 4) is 0 Å². The number of allylic oxidation sites excluding steroid dienone is 4. The largest absolute Gasteiger partial charge is 0.355 e. The molecule has 0 fully saturated rings. The lowest BCUT2D eigenvalue weighted by atomic mass is 9.89. The van der Waals surface area contributed by atoms with Crippen LogP contribution in [0.4, 0.5) is 0 Å². The summed E-state index contributed by atoms with van der Waals surface area (Å²) in [5.41, 5.74) is 1.79. The zero-order valence-corrected chi connectivity index (χ0v) is 9.18. The first-order valence-electron chi connectivity index (χ1n) is 5.32. The van der Waals surface area contributed by atoms with E-state index in [4.69, 9.17) is 0 Å². The van der Waals surface area contributed by atoms with Crippen molar-refractivity contribution >= 4 is 5.91 Å². The smallest absolute Gasteiger partial charge is 0.251 e. The maximum Gasteiger partial charge on any atom is 0.251 e. The third-order valence-corrected chi connectivity index (χ3v) is 2.65. The first-order valence-corrected chi connectivity index (χ1v) is 5.32. The molecule has 0 heterocycles. The SMILES string of the molecule is CNC(=O)c1ccccc1C1[CH]C=CC=C1.[HH]. The normalized spacial score (nSPS) is 18.4. The van der Waals surface area contributed by atoms with Crippen molar-refractivity contribution in [2.45, 2.75) is 5.92 Å². The minimum absolute atomic E-state index is 0. The van der Waals surface area contributed by atoms with Crippen molar-refractivity contribution in [1.29, 1.82) is 0 Å². The maximum atomic E-state index is 11.7. The van der Waals surface area contributed by atoms with Crippen LogP contribution in [0.5, 0.6) is 0 Å². The number of nitrogens with one attached hydrogen (secondary N) is 1. The Bertz CT molecular complexity index is 451. The summed E-state index contributed by atoms with van der Waals surface area (Å²) < 4.78 is 0. The van der Waals surface area contributed by atoms with E-state index in [1.165, 1.54) is 0 Å². The highest BCUT2D eigenvalue weighted by atomic mass is 16.1. The molecule has 0 saturated carbocycles. The number of hydrogen-bond donors (Lipinski definition) is 1. The van der Waals surface area contributed by atoms with E-state index in [1.54, 1.807) is 7.05 Å². The monoisotopic (exact) mass is 214 g/mol. The van der Waals surface area contributed by atoms with Crippen LogP contribution in [-0.4, -0.2) is 13.0 Å². The first kappa shape index (κ1) is 10.7. The highest BCUT2D eigenvalue weighted by Gasteiger charge is 2.16. The fraction of sp³-hybridized carbons (Fsp3) is 0.143. The van der Waals surface area contributed by atoms with Crippen LogP contribution in [0.2, 0.25) is 0 Å². The van der Waals surface area contributed by atoms with Gasteiger partial charge in [-0.25, -0.2) is 0 Å². The number of rotatable bonds is 2. The van der Waals surface area contributed by atoms with Crippen LogP contribution in [0.3, 0.4) is 0 Å². The molecule has 2 rings (SSSR count). The van der Waals surface area contributed by atoms with Crippen molar-refractivity contribution in [2.75, 3.05) is 7.05 Å². The molecule has 1 aromatic rings. The molecule has 0 bridgehead atoms. The summed E-state index contributed by atoms with van der Waals surface area (Å²) in [6, 6.07) is 7.70. The van der Waals surface area contributed by atoms with Gasteiger partial charge in [-0.05, 0) is 18.1 Å². The van der Waals surface area contributed by atoms with Gasteiger partial charge in [0.15, 0.2) is 0 Å². The molecule has 0 spiro atoms. The van der Waals surface area contributed by atoms with Gasteiger partial charge in [0.05, 0.1) is 0 Å². The fourth-order valence-electron chi connectivity index (χ4n) is 1.83. The second kappa shape index (κ2) is 4.79. The van der Waals surface area contributed by atoms with E-state index >= 15 is 0 Å². The molecule has 2 heteroatoms. The van der Waals surface area contributed by atoms with Gasteiger partial charge < -0.3 is 5.32 Å². The molecule has 2 nitrogen and oxygen atoms in total. The summed E-state index contributed by atoms with van der Waals surface area (Å²) in [4.78, 5) is 11.7. The molecular formula is C14H16NO. The van der Waals surface area contributed by atoms with Crippen molar-refractivity contribution < 1.29 is 6.22 Å². The molecule has 1 atom stereocenters. The molecule has 0 aliphatic heterocycles. The van der Waals surface area contributed by atoms with E-state index in [0.717, 1.165) is 11.1 Å². The van der Waals surface area contributed by atoms with E-state index in [1.807, 2.05) is 42.5 Å². The zero-order chi connectivity index (χ0) is 11.4. The van der Waals surface area contributed by atoms with Crippen LogP contribution in [-0.2, 0) is 0 Å². The zero-order valence-electron chi connectivity index (χ0n) is 9.18. The predicted octanol–water partition coefficient (Wildman–Crippen LogP) is 2.71. The van der Waals surface area contributed by atoms with Crippen LogP contribution >= 0.6 is 0 Å². The molecule has 1 aromatic carbocycles. The number of carbonyl (C=O) groups excluding carboxylic acids is 1. The lowest BCUT2D eigenvalue weighted by molar-refractivity contribution is 0.0962. The molecule has 1 N–H and O–H groups in total. The Morgan fingerprint density at radius 3 is 2.75 bits per heavy atom. The molecule has 1 aliphatic rings. The van der Waals surface area contributed by atoms with Crippen LogP contribution in [0.25, 0.3) is 0 Å². The predicted molar refractivity (Wildman–Crippen MR) is 67.3 cm³/mol. The number of benzene rings is 1. The standard InChI is InChI=1S/C14H14NO.H2/c1-15-14(16)13-10-6-5-9-12(13)11-7-3-2-4-8-11;/h2-11H,1H3,(H,15,16);1H. The summed E-state index contributed by atoms with van der Waals surface area (Å²) >= 11 is 0. The van der Waals surface area contributed by atoms with E-state index < -0.39 is 0 Å². The van der Waals surface area contributed by atoms with Gasteiger partial charge in [-0.15, -0.1) is 0 Å². The molecule has 1 aliphatic carbocycles. The lowest BCUT2D eigenvalue weighted by Gasteiger charge is -2.16. The average Bonchev–Trinajstić information content (AvgIpc) is 2.39. The number of amides is 1. The van der Waals surface area contributed by atoms with Crippen LogP contribution in [0.1, 0.15) is 23.3 Å². The summed E-state index contributed by atoms with van der Waals surface area (Å²) in [7, 11) is 1.65. The molecular weight excluding hydrogens is 198 g/mol. The van der Waals surface area contributed by atoms with E-state index in [0.29, 0.717) is 0 Å². The van der Waals surface area contributed by atoms with Gasteiger partial charge in [0.1, 0.15) is 0 Å². The van der Waals surface area contributed by atoms with Gasteiger partial charge in [0, 0.05) is 20.0 Å². The molecule has 83 valence electrons. The fourth-order valence-corrected chi connectivity index (χ4v) is 1.83. The minimum Gasteiger partial charge on any atom is -0.355 e. The van der Waals surface area contributed by atoms with Gasteiger partial charge in [-0.1, -0.05) is 42.5 Å². The second-order valence-electron chi connectivity index (χ2n) is 3.65. The Hall–Kier alpha value is -1.83. The first-order chi connectivity index (χ1) is 7.83. The Balaban J connectivity index is 0.00000144. The van der Waals surface area contributed by atoms with Crippen LogP contribution < -0.4 is 5.32 Å². The molecule has 1 amide bonds. The molecule has 16 heavy (non-hydrogen) atoms. The quantitative estimate of drug-likeness (QED) is 0.805. The molecule has 0 aromatic heterocycles. The topological polar surface area (TPSA) is 29.1 Å². The summed E-state index contributed by atoms with van der Waals surface area (Å²) in [6.45, 7) is 0. The highest BCUT2D eigenvalue weighted by molar-refractivity contribution is 5.95.